The fraction of sp³-hybridized carbons (Fsp3) is 0.0213. The molecule has 2 nitrogen and oxygen atoms in total. The third kappa shape index (κ3) is 4.14. The summed E-state index contributed by atoms with van der Waals surface area (Å²) < 4.78 is 0. The maximum absolute atomic E-state index is 5.23. The Morgan fingerprint density at radius 3 is 1.29 bits per heavy atom. The zero-order valence-electron chi connectivity index (χ0n) is 26.7. The first-order valence-electron chi connectivity index (χ1n) is 16.8. The molecule has 0 amide bonds. The number of aromatic nitrogens is 2. The summed E-state index contributed by atoms with van der Waals surface area (Å²) >= 11 is 0. The van der Waals surface area contributed by atoms with Crippen LogP contribution in [0.2, 0.25) is 0 Å². The smallest absolute Gasteiger partial charge is 0.160 e. The maximum Gasteiger partial charge on any atom is 0.160 e. The van der Waals surface area contributed by atoms with Gasteiger partial charge >= 0.3 is 0 Å². The summed E-state index contributed by atoms with van der Waals surface area (Å²) in [6.07, 6.45) is 0. The molecule has 0 fully saturated rings. The van der Waals surface area contributed by atoms with Crippen LogP contribution in [-0.2, 0) is 5.41 Å². The Kier molecular flexibility index (Phi) is 6.13. The third-order valence-corrected chi connectivity index (χ3v) is 10.3. The molecular weight excluding hydrogens is 593 g/mol. The second-order valence-corrected chi connectivity index (χ2v) is 12.9. The highest BCUT2D eigenvalue weighted by molar-refractivity contribution is 5.96. The molecule has 1 aromatic heterocycles. The number of benzene rings is 7. The minimum atomic E-state index is -0.357. The molecular formula is C47H30N2. The SMILES string of the molecule is c1ccc(-c2ccc(-c3nc(-c4ccccc4)cc(-c4ccc5c(c4)-c4ccccc4C54c5ccccc5-c5ccccc54)n3)cc2)cc1. The zero-order chi connectivity index (χ0) is 32.4. The average molecular weight is 623 g/mol. The summed E-state index contributed by atoms with van der Waals surface area (Å²) in [5, 5.41) is 0. The lowest BCUT2D eigenvalue weighted by atomic mass is 9.70. The highest BCUT2D eigenvalue weighted by Crippen LogP contribution is 2.62. The molecule has 0 saturated heterocycles. The molecule has 228 valence electrons. The fourth-order valence-corrected chi connectivity index (χ4v) is 8.18. The quantitative estimate of drug-likeness (QED) is 0.195. The molecule has 1 spiro atoms. The van der Waals surface area contributed by atoms with Gasteiger partial charge in [0, 0.05) is 16.7 Å². The van der Waals surface area contributed by atoms with E-state index in [9.17, 15) is 0 Å². The van der Waals surface area contributed by atoms with E-state index >= 15 is 0 Å². The van der Waals surface area contributed by atoms with E-state index < -0.39 is 0 Å². The molecule has 0 N–H and O–H groups in total. The van der Waals surface area contributed by atoms with Gasteiger partial charge in [-0.2, -0.15) is 0 Å². The minimum Gasteiger partial charge on any atom is -0.228 e. The highest BCUT2D eigenvalue weighted by Gasteiger charge is 2.51. The Labute approximate surface area is 286 Å². The van der Waals surface area contributed by atoms with Gasteiger partial charge in [-0.15, -0.1) is 0 Å². The van der Waals surface area contributed by atoms with Gasteiger partial charge in [0.05, 0.1) is 16.8 Å². The van der Waals surface area contributed by atoms with Crippen molar-refractivity contribution in [2.45, 2.75) is 5.41 Å². The van der Waals surface area contributed by atoms with Gasteiger partial charge in [-0.25, -0.2) is 9.97 Å². The lowest BCUT2D eigenvalue weighted by Gasteiger charge is -2.30. The molecule has 0 aliphatic heterocycles. The van der Waals surface area contributed by atoms with Crippen molar-refractivity contribution in [3.05, 3.63) is 204 Å². The van der Waals surface area contributed by atoms with Gasteiger partial charge < -0.3 is 0 Å². The summed E-state index contributed by atoms with van der Waals surface area (Å²) in [5.41, 5.74) is 17.5. The van der Waals surface area contributed by atoms with Crippen molar-refractivity contribution in [3.63, 3.8) is 0 Å². The van der Waals surface area contributed by atoms with Crippen LogP contribution in [0.25, 0.3) is 67.3 Å². The van der Waals surface area contributed by atoms with Crippen LogP contribution in [0.3, 0.4) is 0 Å². The number of rotatable bonds is 4. The average Bonchev–Trinajstić information content (AvgIpc) is 3.65. The standard InChI is InChI=1S/C47H30N2/c1-3-13-31(14-4-1)32-23-25-34(26-24-32)46-48-44(33-15-5-2-6-16-33)30-45(49-46)35-27-28-43-39(29-35)38-19-9-12-22-42(38)47(43)40-20-10-7-17-36(40)37-18-8-11-21-41(37)47/h1-30H. The van der Waals surface area contributed by atoms with Gasteiger partial charge in [-0.1, -0.05) is 170 Å². The lowest BCUT2D eigenvalue weighted by molar-refractivity contribution is 0.794. The van der Waals surface area contributed by atoms with Gasteiger partial charge in [-0.3, -0.25) is 0 Å². The molecule has 10 rings (SSSR count). The molecule has 0 bridgehead atoms. The first kappa shape index (κ1) is 27.7. The Balaban J connectivity index is 1.16. The molecule has 0 radical (unpaired) electrons. The van der Waals surface area contributed by atoms with Gasteiger partial charge in [0.2, 0.25) is 0 Å². The topological polar surface area (TPSA) is 25.8 Å². The van der Waals surface area contributed by atoms with Gasteiger partial charge in [0.1, 0.15) is 0 Å². The Bertz CT molecular complexity index is 2490. The monoisotopic (exact) mass is 622 g/mol. The Morgan fingerprint density at radius 2 is 0.694 bits per heavy atom. The molecule has 7 aromatic carbocycles. The van der Waals surface area contributed by atoms with E-state index in [1.807, 2.05) is 12.1 Å². The van der Waals surface area contributed by atoms with E-state index in [4.69, 9.17) is 9.97 Å². The summed E-state index contributed by atoms with van der Waals surface area (Å²) in [6.45, 7) is 0. The lowest BCUT2D eigenvalue weighted by Crippen LogP contribution is -2.25. The van der Waals surface area contributed by atoms with E-state index in [1.165, 1.54) is 55.6 Å². The van der Waals surface area contributed by atoms with Crippen LogP contribution >= 0.6 is 0 Å². The largest absolute Gasteiger partial charge is 0.228 e. The van der Waals surface area contributed by atoms with Crippen molar-refractivity contribution in [2.75, 3.05) is 0 Å². The first-order valence-corrected chi connectivity index (χ1v) is 16.8. The molecule has 2 heteroatoms. The fourth-order valence-electron chi connectivity index (χ4n) is 8.18. The van der Waals surface area contributed by atoms with Gasteiger partial charge in [-0.05, 0) is 67.8 Å². The normalized spacial score (nSPS) is 13.1. The zero-order valence-corrected chi connectivity index (χ0v) is 26.7. The van der Waals surface area contributed by atoms with Gasteiger partial charge in [0.25, 0.3) is 0 Å². The summed E-state index contributed by atoms with van der Waals surface area (Å²) in [7, 11) is 0. The van der Waals surface area contributed by atoms with Crippen LogP contribution in [0.1, 0.15) is 22.3 Å². The number of nitrogens with zero attached hydrogens (tertiary/aromatic N) is 2. The van der Waals surface area contributed by atoms with Crippen molar-refractivity contribution in [2.24, 2.45) is 0 Å². The van der Waals surface area contributed by atoms with Crippen molar-refractivity contribution in [3.8, 4) is 67.3 Å². The maximum atomic E-state index is 5.23. The van der Waals surface area contributed by atoms with E-state index in [1.54, 1.807) is 0 Å². The molecule has 2 aliphatic rings. The van der Waals surface area contributed by atoms with E-state index in [2.05, 4.69) is 170 Å². The minimum absolute atomic E-state index is 0.357. The van der Waals surface area contributed by atoms with Crippen molar-refractivity contribution >= 4 is 0 Å². The van der Waals surface area contributed by atoms with E-state index in [0.717, 1.165) is 28.1 Å². The molecule has 1 heterocycles. The molecule has 49 heavy (non-hydrogen) atoms. The van der Waals surface area contributed by atoms with Crippen LogP contribution in [0.5, 0.6) is 0 Å². The van der Waals surface area contributed by atoms with Crippen molar-refractivity contribution in [1.29, 1.82) is 0 Å². The summed E-state index contributed by atoms with van der Waals surface area (Å²) in [5.74, 6) is 0.715. The first-order chi connectivity index (χ1) is 24.3. The second-order valence-electron chi connectivity index (χ2n) is 12.9. The number of hydrogen-bond acceptors (Lipinski definition) is 2. The van der Waals surface area contributed by atoms with Crippen LogP contribution in [0.4, 0.5) is 0 Å². The van der Waals surface area contributed by atoms with Crippen molar-refractivity contribution < 1.29 is 0 Å². The van der Waals surface area contributed by atoms with Crippen LogP contribution < -0.4 is 0 Å². The molecule has 0 atom stereocenters. The van der Waals surface area contributed by atoms with E-state index in [0.29, 0.717) is 5.82 Å². The number of fused-ring (bicyclic) bond motifs is 10. The molecule has 2 aliphatic carbocycles. The van der Waals surface area contributed by atoms with Crippen LogP contribution in [0.15, 0.2) is 182 Å². The van der Waals surface area contributed by atoms with Crippen LogP contribution in [-0.4, -0.2) is 9.97 Å². The van der Waals surface area contributed by atoms with Gasteiger partial charge in [0.15, 0.2) is 5.82 Å². The number of hydrogen-bond donors (Lipinski definition) is 0. The Hall–Kier alpha value is -6.38. The summed E-state index contributed by atoms with van der Waals surface area (Å²) in [4.78, 5) is 10.3. The predicted molar refractivity (Wildman–Crippen MR) is 200 cm³/mol. The predicted octanol–water partition coefficient (Wildman–Crippen LogP) is 11.5. The molecule has 8 aromatic rings. The second kappa shape index (κ2) is 10.8. The highest BCUT2D eigenvalue weighted by atomic mass is 14.9. The molecule has 0 unspecified atom stereocenters. The van der Waals surface area contributed by atoms with E-state index in [-0.39, 0.29) is 5.41 Å². The summed E-state index contributed by atoms with van der Waals surface area (Å²) in [6, 6.07) is 65.4. The van der Waals surface area contributed by atoms with Crippen LogP contribution in [0, 0.1) is 0 Å². The molecule has 0 saturated carbocycles. The third-order valence-electron chi connectivity index (χ3n) is 10.3. The van der Waals surface area contributed by atoms with Crippen molar-refractivity contribution in [1.82, 2.24) is 9.97 Å². The Morgan fingerprint density at radius 1 is 0.286 bits per heavy atom.